The van der Waals surface area contributed by atoms with Crippen LogP contribution in [0.2, 0.25) is 0 Å². The molecule has 20 heavy (non-hydrogen) atoms. The minimum Gasteiger partial charge on any atom is -0.393 e. The van der Waals surface area contributed by atoms with E-state index < -0.39 is 0 Å². The number of piperidine rings is 1. The Labute approximate surface area is 125 Å². The highest BCUT2D eigenvalue weighted by Crippen LogP contribution is 2.44. The van der Waals surface area contributed by atoms with Gasteiger partial charge in [0.15, 0.2) is 0 Å². The second kappa shape index (κ2) is 5.96. The SMILES string of the molecule is CCC(C)(C)C1CCC(O)CC1N1CCC(C)(C)CC1. The van der Waals surface area contributed by atoms with Crippen LogP contribution in [0.4, 0.5) is 0 Å². The van der Waals surface area contributed by atoms with Crippen LogP contribution in [0, 0.1) is 16.7 Å². The van der Waals surface area contributed by atoms with E-state index in [2.05, 4.69) is 39.5 Å². The van der Waals surface area contributed by atoms with Gasteiger partial charge in [0.25, 0.3) is 0 Å². The predicted molar refractivity (Wildman–Crippen MR) is 85.8 cm³/mol. The maximum absolute atomic E-state index is 10.1. The zero-order valence-corrected chi connectivity index (χ0v) is 14.3. The molecule has 0 aromatic rings. The predicted octanol–water partition coefficient (Wildman–Crippen LogP) is 4.07. The summed E-state index contributed by atoms with van der Waals surface area (Å²) in [5, 5.41) is 10.1. The summed E-state index contributed by atoms with van der Waals surface area (Å²) in [6, 6.07) is 0.602. The van der Waals surface area contributed by atoms with E-state index in [1.54, 1.807) is 0 Å². The summed E-state index contributed by atoms with van der Waals surface area (Å²) in [5.41, 5.74) is 0.914. The van der Waals surface area contributed by atoms with E-state index in [0.717, 1.165) is 18.8 Å². The third kappa shape index (κ3) is 3.57. The van der Waals surface area contributed by atoms with Crippen LogP contribution in [-0.2, 0) is 0 Å². The Bertz CT molecular complexity index is 313. The molecule has 0 aromatic carbocycles. The van der Waals surface area contributed by atoms with Gasteiger partial charge in [0.2, 0.25) is 0 Å². The highest BCUT2D eigenvalue weighted by Gasteiger charge is 2.42. The molecule has 2 aliphatic rings. The first kappa shape index (κ1) is 16.3. The highest BCUT2D eigenvalue weighted by molar-refractivity contribution is 4.95. The Morgan fingerprint density at radius 1 is 1.15 bits per heavy atom. The topological polar surface area (TPSA) is 23.5 Å². The van der Waals surface area contributed by atoms with Crippen molar-refractivity contribution < 1.29 is 5.11 Å². The van der Waals surface area contributed by atoms with Gasteiger partial charge in [-0.3, -0.25) is 4.90 Å². The van der Waals surface area contributed by atoms with Gasteiger partial charge in [0.05, 0.1) is 6.10 Å². The molecule has 2 fully saturated rings. The summed E-state index contributed by atoms with van der Waals surface area (Å²) in [6.07, 6.45) is 6.98. The lowest BCUT2D eigenvalue weighted by Gasteiger charge is -2.50. The van der Waals surface area contributed by atoms with Crippen LogP contribution < -0.4 is 0 Å². The molecule has 0 bridgehead atoms. The van der Waals surface area contributed by atoms with Crippen LogP contribution in [-0.4, -0.2) is 35.2 Å². The van der Waals surface area contributed by atoms with E-state index >= 15 is 0 Å². The molecule has 1 N–H and O–H groups in total. The fourth-order valence-corrected chi connectivity index (χ4v) is 4.16. The summed E-state index contributed by atoms with van der Waals surface area (Å²) in [7, 11) is 0. The number of aliphatic hydroxyl groups is 1. The van der Waals surface area contributed by atoms with Crippen molar-refractivity contribution in [3.05, 3.63) is 0 Å². The standard InChI is InChI=1S/C18H35NO/c1-6-18(4,5)15-8-7-14(20)13-16(15)19-11-9-17(2,3)10-12-19/h14-16,20H,6-13H2,1-5H3. The van der Waals surface area contributed by atoms with E-state index in [1.807, 2.05) is 0 Å². The van der Waals surface area contributed by atoms with Crippen LogP contribution in [0.25, 0.3) is 0 Å². The molecule has 2 rings (SSSR count). The second-order valence-electron chi connectivity index (χ2n) is 8.68. The molecule has 1 saturated heterocycles. The first-order chi connectivity index (χ1) is 9.25. The molecule has 118 valence electrons. The van der Waals surface area contributed by atoms with E-state index in [4.69, 9.17) is 0 Å². The zero-order valence-electron chi connectivity index (χ0n) is 14.3. The summed E-state index contributed by atoms with van der Waals surface area (Å²) in [4.78, 5) is 2.70. The molecule has 0 radical (unpaired) electrons. The third-order valence-corrected chi connectivity index (χ3v) is 6.32. The van der Waals surface area contributed by atoms with Gasteiger partial charge < -0.3 is 5.11 Å². The Kier molecular flexibility index (Phi) is 4.86. The van der Waals surface area contributed by atoms with E-state index in [9.17, 15) is 5.11 Å². The molecular formula is C18H35NO. The Hall–Kier alpha value is -0.0800. The van der Waals surface area contributed by atoms with Crippen molar-refractivity contribution in [1.82, 2.24) is 4.90 Å². The summed E-state index contributed by atoms with van der Waals surface area (Å²) < 4.78 is 0. The largest absolute Gasteiger partial charge is 0.393 e. The number of nitrogens with zero attached hydrogens (tertiary/aromatic N) is 1. The smallest absolute Gasteiger partial charge is 0.0555 e. The van der Waals surface area contributed by atoms with Gasteiger partial charge in [-0.2, -0.15) is 0 Å². The van der Waals surface area contributed by atoms with Crippen LogP contribution in [0.15, 0.2) is 0 Å². The van der Waals surface area contributed by atoms with Gasteiger partial charge in [-0.25, -0.2) is 0 Å². The molecule has 1 aliphatic heterocycles. The van der Waals surface area contributed by atoms with Gasteiger partial charge in [-0.05, 0) is 61.9 Å². The number of hydrogen-bond acceptors (Lipinski definition) is 2. The van der Waals surface area contributed by atoms with Crippen molar-refractivity contribution in [2.24, 2.45) is 16.7 Å². The quantitative estimate of drug-likeness (QED) is 0.843. The van der Waals surface area contributed by atoms with Crippen LogP contribution >= 0.6 is 0 Å². The molecule has 2 heteroatoms. The molecule has 1 heterocycles. The number of hydrogen-bond donors (Lipinski definition) is 1. The van der Waals surface area contributed by atoms with Gasteiger partial charge in [0, 0.05) is 6.04 Å². The van der Waals surface area contributed by atoms with Gasteiger partial charge >= 0.3 is 0 Å². The zero-order chi connectivity index (χ0) is 15.0. The molecule has 0 spiro atoms. The van der Waals surface area contributed by atoms with Crippen molar-refractivity contribution >= 4 is 0 Å². The number of likely N-dealkylation sites (tertiary alicyclic amines) is 1. The third-order valence-electron chi connectivity index (χ3n) is 6.32. The van der Waals surface area contributed by atoms with Crippen molar-refractivity contribution in [1.29, 1.82) is 0 Å². The first-order valence-electron chi connectivity index (χ1n) is 8.67. The first-order valence-corrected chi connectivity index (χ1v) is 8.67. The molecule has 3 unspecified atom stereocenters. The lowest BCUT2D eigenvalue weighted by atomic mass is 9.65. The Balaban J connectivity index is 2.09. The van der Waals surface area contributed by atoms with Crippen molar-refractivity contribution in [3.63, 3.8) is 0 Å². The van der Waals surface area contributed by atoms with Gasteiger partial charge in [0.1, 0.15) is 0 Å². The monoisotopic (exact) mass is 281 g/mol. The molecule has 1 aliphatic carbocycles. The Morgan fingerprint density at radius 3 is 2.30 bits per heavy atom. The molecule has 0 aromatic heterocycles. The van der Waals surface area contributed by atoms with E-state index in [0.29, 0.717) is 16.9 Å². The molecule has 3 atom stereocenters. The highest BCUT2D eigenvalue weighted by atomic mass is 16.3. The minimum atomic E-state index is -0.0705. The molecule has 1 saturated carbocycles. The lowest BCUT2D eigenvalue weighted by molar-refractivity contribution is -0.0356. The average Bonchev–Trinajstić information content (AvgIpc) is 2.38. The normalized spacial score (nSPS) is 36.0. The maximum atomic E-state index is 10.1. The van der Waals surface area contributed by atoms with E-state index in [-0.39, 0.29) is 6.10 Å². The lowest BCUT2D eigenvalue weighted by Crippen LogP contribution is -2.53. The van der Waals surface area contributed by atoms with Crippen molar-refractivity contribution in [2.75, 3.05) is 13.1 Å². The number of rotatable bonds is 3. The van der Waals surface area contributed by atoms with Crippen molar-refractivity contribution in [3.8, 4) is 0 Å². The maximum Gasteiger partial charge on any atom is 0.0555 e. The second-order valence-corrected chi connectivity index (χ2v) is 8.68. The average molecular weight is 281 g/mol. The summed E-state index contributed by atoms with van der Waals surface area (Å²) >= 11 is 0. The van der Waals surface area contributed by atoms with Gasteiger partial charge in [-0.1, -0.05) is 41.0 Å². The molecule has 0 amide bonds. The van der Waals surface area contributed by atoms with Gasteiger partial charge in [-0.15, -0.1) is 0 Å². The van der Waals surface area contributed by atoms with Crippen LogP contribution in [0.1, 0.15) is 73.1 Å². The van der Waals surface area contributed by atoms with Crippen LogP contribution in [0.3, 0.4) is 0 Å². The number of aliphatic hydroxyl groups excluding tert-OH is 1. The van der Waals surface area contributed by atoms with Crippen LogP contribution in [0.5, 0.6) is 0 Å². The summed E-state index contributed by atoms with van der Waals surface area (Å²) in [6.45, 7) is 14.4. The fourth-order valence-electron chi connectivity index (χ4n) is 4.16. The van der Waals surface area contributed by atoms with E-state index in [1.165, 1.54) is 38.8 Å². The summed E-state index contributed by atoms with van der Waals surface area (Å²) in [5.74, 6) is 0.747. The fraction of sp³-hybridized carbons (Fsp3) is 1.00. The Morgan fingerprint density at radius 2 is 1.75 bits per heavy atom. The minimum absolute atomic E-state index is 0.0705. The molecular weight excluding hydrogens is 246 g/mol. The molecule has 2 nitrogen and oxygen atoms in total. The van der Waals surface area contributed by atoms with Crippen molar-refractivity contribution in [2.45, 2.75) is 85.3 Å².